The number of likely N-dealkylation sites (tertiary alicyclic amines) is 1. The van der Waals surface area contributed by atoms with Crippen molar-refractivity contribution in [3.63, 3.8) is 0 Å². The van der Waals surface area contributed by atoms with Gasteiger partial charge in [-0.05, 0) is 12.8 Å². The summed E-state index contributed by atoms with van der Waals surface area (Å²) < 4.78 is 28.3. The fraction of sp³-hybridized carbons (Fsp3) is 0.583. The van der Waals surface area contributed by atoms with E-state index in [-0.39, 0.29) is 18.3 Å². The Bertz CT molecular complexity index is 698. The summed E-state index contributed by atoms with van der Waals surface area (Å²) in [6.07, 6.45) is 2.49. The zero-order chi connectivity index (χ0) is 16.3. The van der Waals surface area contributed by atoms with Crippen LogP contribution in [0, 0.1) is 11.3 Å². The van der Waals surface area contributed by atoms with Gasteiger partial charge in [0, 0.05) is 18.7 Å². The van der Waals surface area contributed by atoms with Crippen molar-refractivity contribution in [2.75, 3.05) is 19.3 Å². The molecule has 1 aromatic rings. The minimum Gasteiger partial charge on any atom is -0.465 e. The van der Waals surface area contributed by atoms with E-state index in [4.69, 9.17) is 5.11 Å². The van der Waals surface area contributed by atoms with Gasteiger partial charge in [-0.3, -0.25) is 8.86 Å². The molecular weight excluding hydrogens is 312 g/mol. The molecule has 2 heterocycles. The van der Waals surface area contributed by atoms with Crippen LogP contribution in [0.15, 0.2) is 6.20 Å². The van der Waals surface area contributed by atoms with Crippen LogP contribution in [0.5, 0.6) is 0 Å². The van der Waals surface area contributed by atoms with Crippen LogP contribution in [0.4, 0.5) is 4.79 Å². The molecule has 1 aromatic heterocycles. The predicted molar refractivity (Wildman–Crippen MR) is 74.4 cm³/mol. The van der Waals surface area contributed by atoms with Crippen molar-refractivity contribution in [3.05, 3.63) is 17.5 Å². The van der Waals surface area contributed by atoms with Crippen LogP contribution in [-0.4, -0.2) is 53.6 Å². The van der Waals surface area contributed by atoms with E-state index in [1.165, 1.54) is 15.8 Å². The van der Waals surface area contributed by atoms with E-state index in [0.717, 1.165) is 6.26 Å². The lowest BCUT2D eigenvalue weighted by Gasteiger charge is -2.30. The molecule has 0 radical (unpaired) electrons. The van der Waals surface area contributed by atoms with E-state index in [1.54, 1.807) is 0 Å². The molecule has 0 unspecified atom stereocenters. The molecule has 0 saturated carbocycles. The first-order valence-corrected chi connectivity index (χ1v) is 8.42. The molecule has 1 aliphatic rings. The van der Waals surface area contributed by atoms with Crippen molar-refractivity contribution >= 4 is 16.2 Å². The molecule has 1 fully saturated rings. The van der Waals surface area contributed by atoms with Crippen molar-refractivity contribution in [2.24, 2.45) is 0 Å². The fourth-order valence-corrected chi connectivity index (χ4v) is 2.72. The van der Waals surface area contributed by atoms with E-state index < -0.39 is 16.2 Å². The van der Waals surface area contributed by atoms with E-state index in [0.29, 0.717) is 31.5 Å². The number of carboxylic acid groups (broad SMARTS) is 1. The SMILES string of the molecule is CS(=O)(=O)OCc1cnn(C2CCN(C(=O)O)CC2)c1C#N. The molecule has 9 nitrogen and oxygen atoms in total. The number of hydrogen-bond donors (Lipinski definition) is 1. The Morgan fingerprint density at radius 3 is 2.68 bits per heavy atom. The second-order valence-corrected chi connectivity index (χ2v) is 6.69. The Morgan fingerprint density at radius 1 is 1.55 bits per heavy atom. The van der Waals surface area contributed by atoms with Crippen LogP contribution >= 0.6 is 0 Å². The van der Waals surface area contributed by atoms with Crippen LogP contribution in [0.2, 0.25) is 0 Å². The fourth-order valence-electron chi connectivity index (χ4n) is 2.38. The lowest BCUT2D eigenvalue weighted by Crippen LogP contribution is -2.38. The quantitative estimate of drug-likeness (QED) is 0.800. The van der Waals surface area contributed by atoms with Crippen molar-refractivity contribution in [2.45, 2.75) is 25.5 Å². The van der Waals surface area contributed by atoms with Gasteiger partial charge in [-0.15, -0.1) is 0 Å². The molecule has 1 amide bonds. The predicted octanol–water partition coefficient (Wildman–Crippen LogP) is 0.546. The highest BCUT2D eigenvalue weighted by Crippen LogP contribution is 2.25. The standard InChI is InChI=1S/C12H16N4O5S/c1-22(19,20)21-8-9-7-14-16(11(9)6-13)10-2-4-15(5-3-10)12(17)18/h7,10H,2-5,8H2,1H3,(H,17,18). The number of piperidine rings is 1. The summed E-state index contributed by atoms with van der Waals surface area (Å²) in [5.41, 5.74) is 0.644. The lowest BCUT2D eigenvalue weighted by molar-refractivity contribution is 0.123. The van der Waals surface area contributed by atoms with Gasteiger partial charge < -0.3 is 10.0 Å². The Labute approximate surface area is 127 Å². The van der Waals surface area contributed by atoms with Gasteiger partial charge in [-0.2, -0.15) is 18.8 Å². The number of carbonyl (C=O) groups is 1. The van der Waals surface area contributed by atoms with Crippen LogP contribution in [0.3, 0.4) is 0 Å². The van der Waals surface area contributed by atoms with Gasteiger partial charge >= 0.3 is 6.09 Å². The zero-order valence-electron chi connectivity index (χ0n) is 12.0. The smallest absolute Gasteiger partial charge is 0.407 e. The average Bonchev–Trinajstić information content (AvgIpc) is 2.87. The highest BCUT2D eigenvalue weighted by atomic mass is 32.2. The maximum atomic E-state index is 11.0. The van der Waals surface area contributed by atoms with Crippen molar-refractivity contribution in [3.8, 4) is 6.07 Å². The number of amides is 1. The summed E-state index contributed by atoms with van der Waals surface area (Å²) in [6.45, 7) is 0.509. The molecule has 0 bridgehead atoms. The first-order chi connectivity index (χ1) is 10.3. The third-order valence-corrected chi connectivity index (χ3v) is 4.03. The van der Waals surface area contributed by atoms with Gasteiger partial charge in [0.15, 0.2) is 0 Å². The monoisotopic (exact) mass is 328 g/mol. The number of aromatic nitrogens is 2. The minimum atomic E-state index is -3.60. The third kappa shape index (κ3) is 3.75. The summed E-state index contributed by atoms with van der Waals surface area (Å²) in [7, 11) is -3.60. The molecule has 0 aromatic carbocycles. The molecule has 120 valence electrons. The Balaban J connectivity index is 2.11. The number of nitriles is 1. The third-order valence-electron chi connectivity index (χ3n) is 3.49. The first kappa shape index (κ1) is 16.3. The van der Waals surface area contributed by atoms with Gasteiger partial charge in [-0.25, -0.2) is 4.79 Å². The normalized spacial score (nSPS) is 16.5. The van der Waals surface area contributed by atoms with Gasteiger partial charge in [0.2, 0.25) is 0 Å². The van der Waals surface area contributed by atoms with E-state index in [2.05, 4.69) is 9.28 Å². The maximum Gasteiger partial charge on any atom is 0.407 e. The molecule has 1 saturated heterocycles. The molecule has 0 atom stereocenters. The summed E-state index contributed by atoms with van der Waals surface area (Å²) in [5, 5.41) is 22.3. The summed E-state index contributed by atoms with van der Waals surface area (Å²) in [5.74, 6) is 0. The Hall–Kier alpha value is -2.12. The summed E-state index contributed by atoms with van der Waals surface area (Å²) >= 11 is 0. The van der Waals surface area contributed by atoms with Crippen molar-refractivity contribution in [1.29, 1.82) is 5.26 Å². The number of nitrogens with zero attached hydrogens (tertiary/aromatic N) is 4. The number of rotatable bonds is 4. The van der Waals surface area contributed by atoms with Crippen LogP contribution in [0.1, 0.15) is 30.1 Å². The van der Waals surface area contributed by atoms with Gasteiger partial charge in [0.25, 0.3) is 10.1 Å². The summed E-state index contributed by atoms with van der Waals surface area (Å²) in [6, 6.07) is 1.92. The maximum absolute atomic E-state index is 11.0. The molecule has 1 aliphatic heterocycles. The van der Waals surface area contributed by atoms with Gasteiger partial charge in [0.05, 0.1) is 25.1 Å². The lowest BCUT2D eigenvalue weighted by atomic mass is 10.1. The molecule has 10 heteroatoms. The van der Waals surface area contributed by atoms with E-state index in [9.17, 15) is 18.5 Å². The Morgan fingerprint density at radius 2 is 2.18 bits per heavy atom. The molecule has 22 heavy (non-hydrogen) atoms. The second-order valence-electron chi connectivity index (χ2n) is 5.04. The van der Waals surface area contributed by atoms with Crippen molar-refractivity contribution in [1.82, 2.24) is 14.7 Å². The van der Waals surface area contributed by atoms with Crippen molar-refractivity contribution < 1.29 is 22.5 Å². The largest absolute Gasteiger partial charge is 0.465 e. The zero-order valence-corrected chi connectivity index (χ0v) is 12.8. The minimum absolute atomic E-state index is 0.0859. The molecule has 2 rings (SSSR count). The first-order valence-electron chi connectivity index (χ1n) is 6.60. The van der Waals surface area contributed by atoms with Crippen LogP contribution in [-0.2, 0) is 20.9 Å². The molecule has 0 spiro atoms. The average molecular weight is 328 g/mol. The molecule has 1 N–H and O–H groups in total. The topological polar surface area (TPSA) is 126 Å². The summed E-state index contributed by atoms with van der Waals surface area (Å²) in [4.78, 5) is 12.2. The van der Waals surface area contributed by atoms with Crippen LogP contribution in [0.25, 0.3) is 0 Å². The van der Waals surface area contributed by atoms with Gasteiger partial charge in [0.1, 0.15) is 11.8 Å². The van der Waals surface area contributed by atoms with E-state index >= 15 is 0 Å². The number of hydrogen-bond acceptors (Lipinski definition) is 6. The highest BCUT2D eigenvalue weighted by molar-refractivity contribution is 7.85. The molecule has 0 aliphatic carbocycles. The van der Waals surface area contributed by atoms with Crippen LogP contribution < -0.4 is 0 Å². The van der Waals surface area contributed by atoms with E-state index in [1.807, 2.05) is 6.07 Å². The second kappa shape index (κ2) is 6.33. The molecular formula is C12H16N4O5S. The van der Waals surface area contributed by atoms with Gasteiger partial charge in [-0.1, -0.05) is 0 Å². The highest BCUT2D eigenvalue weighted by Gasteiger charge is 2.26. The Kier molecular flexibility index (Phi) is 4.68.